The molecule has 0 radical (unpaired) electrons. The van der Waals surface area contributed by atoms with Crippen LogP contribution in [0.1, 0.15) is 25.0 Å². The van der Waals surface area contributed by atoms with Gasteiger partial charge in [0.1, 0.15) is 5.69 Å². The van der Waals surface area contributed by atoms with Crippen LogP contribution >= 0.6 is 0 Å². The molecule has 3 fully saturated rings. The largest absolute Gasteiger partial charge is 0.316 e. The zero-order valence-electron chi connectivity index (χ0n) is 14.1. The Morgan fingerprint density at radius 1 is 0.962 bits per heavy atom. The topological polar surface area (TPSA) is 82.7 Å². The Morgan fingerprint density at radius 3 is 2.42 bits per heavy atom. The van der Waals surface area contributed by atoms with Gasteiger partial charge >= 0.3 is 11.1 Å². The second-order valence-electron chi connectivity index (χ2n) is 7.23. The molecule has 0 amide bonds. The molecule has 0 saturated heterocycles. The van der Waals surface area contributed by atoms with Gasteiger partial charge < -0.3 is 9.13 Å². The molecule has 3 saturated carbocycles. The van der Waals surface area contributed by atoms with Gasteiger partial charge in [0.05, 0.1) is 17.9 Å². The molecule has 6 rings (SSSR count). The fourth-order valence-corrected chi connectivity index (χ4v) is 4.00. The number of rotatable bonds is 4. The Morgan fingerprint density at radius 2 is 1.81 bits per heavy atom. The number of hydrogen-bond acceptors (Lipinski definition) is 5. The predicted molar refractivity (Wildman–Crippen MR) is 94.6 cm³/mol. The highest BCUT2D eigenvalue weighted by Gasteiger charge is 2.58. The van der Waals surface area contributed by atoms with E-state index in [1.54, 1.807) is 29.2 Å². The van der Waals surface area contributed by atoms with E-state index in [4.69, 9.17) is 0 Å². The summed E-state index contributed by atoms with van der Waals surface area (Å²) in [6.45, 7) is 0.222. The van der Waals surface area contributed by atoms with Crippen molar-refractivity contribution < 1.29 is 0 Å². The number of hydrogen-bond donors (Lipinski definition) is 0. The summed E-state index contributed by atoms with van der Waals surface area (Å²) in [5.41, 5.74) is 1.00. The summed E-state index contributed by atoms with van der Waals surface area (Å²) in [4.78, 5) is 29.2. The molecule has 130 valence electrons. The summed E-state index contributed by atoms with van der Waals surface area (Å²) in [6, 6.07) is 9.21. The highest BCUT2D eigenvalue weighted by molar-refractivity contribution is 5.52. The van der Waals surface area contributed by atoms with Crippen molar-refractivity contribution in [2.75, 3.05) is 0 Å². The molecule has 0 spiro atoms. The van der Waals surface area contributed by atoms with Crippen molar-refractivity contribution in [1.82, 2.24) is 24.3 Å². The van der Waals surface area contributed by atoms with Crippen molar-refractivity contribution in [3.8, 4) is 11.4 Å². The van der Waals surface area contributed by atoms with Crippen LogP contribution in [0.3, 0.4) is 0 Å². The summed E-state index contributed by atoms with van der Waals surface area (Å²) < 4.78 is 3.04. The van der Waals surface area contributed by atoms with Crippen LogP contribution in [0, 0.1) is 5.92 Å². The Kier molecular flexibility index (Phi) is 3.19. The molecule has 26 heavy (non-hydrogen) atoms. The van der Waals surface area contributed by atoms with E-state index in [0.717, 1.165) is 30.9 Å². The molecule has 0 aliphatic heterocycles. The number of pyridine rings is 1. The molecular weight excluding hydrogens is 330 g/mol. The van der Waals surface area contributed by atoms with Crippen molar-refractivity contribution in [3.05, 3.63) is 75.3 Å². The van der Waals surface area contributed by atoms with Crippen LogP contribution in [0.15, 0.2) is 58.5 Å². The minimum absolute atomic E-state index is 0.0792. The summed E-state index contributed by atoms with van der Waals surface area (Å²) in [5, 5.41) is 8.34. The summed E-state index contributed by atoms with van der Waals surface area (Å²) >= 11 is 0. The molecule has 3 aromatic heterocycles. The summed E-state index contributed by atoms with van der Waals surface area (Å²) in [7, 11) is 0. The SMILES string of the molecule is O=c1c(=O)n(C23CC(C2)C3)ccn1Cc1ccc(-c2ccccn2)nn1. The second-order valence-corrected chi connectivity index (χ2v) is 7.23. The van der Waals surface area contributed by atoms with Gasteiger partial charge in [0.25, 0.3) is 0 Å². The fraction of sp³-hybridized carbons (Fsp3) is 0.316. The van der Waals surface area contributed by atoms with E-state index in [2.05, 4.69) is 15.2 Å². The lowest BCUT2D eigenvalue weighted by molar-refractivity contribution is -0.0919. The quantitative estimate of drug-likeness (QED) is 0.667. The van der Waals surface area contributed by atoms with E-state index in [0.29, 0.717) is 11.4 Å². The van der Waals surface area contributed by atoms with Crippen molar-refractivity contribution in [2.24, 2.45) is 5.92 Å². The molecule has 0 unspecified atom stereocenters. The monoisotopic (exact) mass is 347 g/mol. The predicted octanol–water partition coefficient (Wildman–Crippen LogP) is 1.42. The third-order valence-corrected chi connectivity index (χ3v) is 5.55. The molecule has 0 aromatic carbocycles. The van der Waals surface area contributed by atoms with Crippen LogP contribution in [0.4, 0.5) is 0 Å². The fourth-order valence-electron chi connectivity index (χ4n) is 4.00. The average Bonchev–Trinajstić information content (AvgIpc) is 2.60. The van der Waals surface area contributed by atoms with Gasteiger partial charge in [-0.1, -0.05) is 6.07 Å². The smallest absolute Gasteiger partial charge is 0.303 e. The molecule has 0 N–H and O–H groups in total. The molecule has 3 heterocycles. The Bertz CT molecular complexity index is 1070. The molecule has 3 aliphatic rings. The van der Waals surface area contributed by atoms with Gasteiger partial charge in [-0.05, 0) is 49.4 Å². The van der Waals surface area contributed by atoms with Gasteiger partial charge in [0, 0.05) is 24.1 Å². The third-order valence-electron chi connectivity index (χ3n) is 5.55. The maximum atomic E-state index is 12.5. The van der Waals surface area contributed by atoms with Crippen LogP contribution in [-0.4, -0.2) is 24.3 Å². The highest BCUT2D eigenvalue weighted by atomic mass is 16.2. The summed E-state index contributed by atoms with van der Waals surface area (Å²) in [6.07, 6.45) is 8.20. The van der Waals surface area contributed by atoms with Crippen molar-refractivity contribution >= 4 is 0 Å². The van der Waals surface area contributed by atoms with Crippen LogP contribution in [0.25, 0.3) is 11.4 Å². The van der Waals surface area contributed by atoms with Crippen LogP contribution in [0.5, 0.6) is 0 Å². The zero-order chi connectivity index (χ0) is 17.7. The lowest BCUT2D eigenvalue weighted by Crippen LogP contribution is -2.64. The van der Waals surface area contributed by atoms with Crippen molar-refractivity contribution in [1.29, 1.82) is 0 Å². The van der Waals surface area contributed by atoms with Gasteiger partial charge in [0.2, 0.25) is 0 Å². The van der Waals surface area contributed by atoms with Gasteiger partial charge in [-0.15, -0.1) is 5.10 Å². The third kappa shape index (κ3) is 2.23. The lowest BCUT2D eigenvalue weighted by atomic mass is 9.49. The first-order valence-electron chi connectivity index (χ1n) is 8.71. The van der Waals surface area contributed by atoms with Gasteiger partial charge in [-0.2, -0.15) is 5.10 Å². The minimum Gasteiger partial charge on any atom is -0.303 e. The van der Waals surface area contributed by atoms with E-state index in [9.17, 15) is 9.59 Å². The first-order valence-corrected chi connectivity index (χ1v) is 8.71. The van der Waals surface area contributed by atoms with Gasteiger partial charge in [-0.25, -0.2) is 0 Å². The first kappa shape index (κ1) is 15.2. The van der Waals surface area contributed by atoms with Crippen LogP contribution in [0.2, 0.25) is 0 Å². The van der Waals surface area contributed by atoms with Gasteiger partial charge in [0.15, 0.2) is 0 Å². The number of nitrogens with zero attached hydrogens (tertiary/aromatic N) is 5. The maximum absolute atomic E-state index is 12.5. The van der Waals surface area contributed by atoms with Crippen molar-refractivity contribution in [2.45, 2.75) is 31.3 Å². The van der Waals surface area contributed by atoms with E-state index in [1.807, 2.05) is 24.3 Å². The first-order chi connectivity index (χ1) is 12.6. The normalized spacial score (nSPS) is 23.2. The highest BCUT2D eigenvalue weighted by Crippen LogP contribution is 2.61. The van der Waals surface area contributed by atoms with Crippen LogP contribution < -0.4 is 11.1 Å². The second kappa shape index (κ2) is 5.45. The molecule has 2 bridgehead atoms. The van der Waals surface area contributed by atoms with E-state index in [-0.39, 0.29) is 12.1 Å². The average molecular weight is 347 g/mol. The maximum Gasteiger partial charge on any atom is 0.316 e. The molecule has 3 aromatic rings. The standard InChI is InChI=1S/C19H17N5O2/c25-17-18(26)24(19-9-13(10-19)11-19)8-7-23(17)12-14-4-5-16(22-21-14)15-3-1-2-6-20-15/h1-8,13H,9-12H2. The van der Waals surface area contributed by atoms with Gasteiger partial charge in [-0.3, -0.25) is 14.6 Å². The van der Waals surface area contributed by atoms with E-state index < -0.39 is 11.1 Å². The Labute approximate surface area is 149 Å². The Hall–Kier alpha value is -3.09. The lowest BCUT2D eigenvalue weighted by Gasteiger charge is -2.62. The Balaban J connectivity index is 1.40. The van der Waals surface area contributed by atoms with E-state index >= 15 is 0 Å². The van der Waals surface area contributed by atoms with Crippen LogP contribution in [-0.2, 0) is 12.1 Å². The minimum atomic E-state index is -0.507. The zero-order valence-corrected chi connectivity index (χ0v) is 14.1. The number of aromatic nitrogens is 5. The van der Waals surface area contributed by atoms with E-state index in [1.165, 1.54) is 4.57 Å². The van der Waals surface area contributed by atoms with Crippen molar-refractivity contribution in [3.63, 3.8) is 0 Å². The molecule has 3 aliphatic carbocycles. The molecular formula is C19H17N5O2. The molecule has 7 heteroatoms. The molecule has 7 nitrogen and oxygen atoms in total. The molecule has 0 atom stereocenters. The summed E-state index contributed by atoms with van der Waals surface area (Å²) in [5.74, 6) is 0.747.